The summed E-state index contributed by atoms with van der Waals surface area (Å²) >= 11 is 3.77. The lowest BCUT2D eigenvalue weighted by Gasteiger charge is -2.40. The first-order valence-corrected chi connectivity index (χ1v) is 19.6. The third-order valence-electron chi connectivity index (χ3n) is 11.5. The van der Waals surface area contributed by atoms with Crippen molar-refractivity contribution >= 4 is 56.1 Å². The highest BCUT2D eigenvalue weighted by Crippen LogP contribution is 2.61. The predicted octanol–water partition coefficient (Wildman–Crippen LogP) is 6.22. The van der Waals surface area contributed by atoms with Crippen LogP contribution in [-0.2, 0) is 28.7 Å². The molecule has 9 atom stereocenters. The van der Waals surface area contributed by atoms with Gasteiger partial charge < -0.3 is 29.3 Å². The van der Waals surface area contributed by atoms with E-state index in [9.17, 15) is 19.5 Å². The third kappa shape index (κ3) is 6.90. The fraction of sp³-hybridized carbons (Fsp3) is 0.442. The highest BCUT2D eigenvalue weighted by molar-refractivity contribution is 9.09. The lowest BCUT2D eigenvalue weighted by molar-refractivity contribution is -0.165. The number of rotatable bonds is 15. The average Bonchev–Trinajstić information content (AvgIpc) is 3.77. The monoisotopic (exact) mass is 799 g/mol. The van der Waals surface area contributed by atoms with Crippen LogP contribution < -0.4 is 4.90 Å². The predicted molar refractivity (Wildman–Crippen MR) is 212 cm³/mol. The van der Waals surface area contributed by atoms with Crippen LogP contribution in [0, 0.1) is 17.8 Å². The van der Waals surface area contributed by atoms with Gasteiger partial charge in [-0.2, -0.15) is 0 Å². The van der Waals surface area contributed by atoms with Crippen molar-refractivity contribution in [2.45, 2.75) is 80.8 Å². The summed E-state index contributed by atoms with van der Waals surface area (Å²) in [7, 11) is 1.68. The maximum atomic E-state index is 15.2. The van der Waals surface area contributed by atoms with Crippen molar-refractivity contribution in [1.82, 2.24) is 9.80 Å². The van der Waals surface area contributed by atoms with Crippen molar-refractivity contribution in [3.63, 3.8) is 0 Å². The SMILES string of the molecule is C=CCCC(=O)N(C)[C@H](C)[C@H](OC(=O)[C@@H]1[C@H]2O[C@@]3(CC2Br)[C@H](C(=O)N(CC=C)c2ccc4ccccc4c2)N([C@@H](CO)C(C)C)C(=O)[C@@H]13)c1ccccc1. The molecular formula is C43H50BrN3O7. The maximum absolute atomic E-state index is 15.2. The molecule has 54 heavy (non-hydrogen) atoms. The smallest absolute Gasteiger partial charge is 0.313 e. The number of ether oxygens (including phenoxy) is 2. The molecule has 3 heterocycles. The van der Waals surface area contributed by atoms with Crippen LogP contribution >= 0.6 is 15.9 Å². The minimum atomic E-state index is -1.39. The van der Waals surface area contributed by atoms with Gasteiger partial charge in [-0.15, -0.1) is 13.2 Å². The summed E-state index contributed by atoms with van der Waals surface area (Å²) in [5.41, 5.74) is -0.0687. The number of likely N-dealkylation sites (N-methyl/N-ethyl adjacent to an activating group) is 1. The molecule has 0 saturated carbocycles. The number of hydrogen-bond donors (Lipinski definition) is 1. The number of benzene rings is 3. The molecule has 3 saturated heterocycles. The molecule has 1 spiro atoms. The van der Waals surface area contributed by atoms with Crippen molar-refractivity contribution in [2.75, 3.05) is 25.1 Å². The van der Waals surface area contributed by atoms with Gasteiger partial charge >= 0.3 is 5.97 Å². The summed E-state index contributed by atoms with van der Waals surface area (Å²) in [6, 6.07) is 20.4. The van der Waals surface area contributed by atoms with E-state index in [0.29, 0.717) is 24.1 Å². The van der Waals surface area contributed by atoms with Gasteiger partial charge in [-0.25, -0.2) is 0 Å². The lowest BCUT2D eigenvalue weighted by atomic mass is 9.70. The summed E-state index contributed by atoms with van der Waals surface area (Å²) in [6.45, 7) is 13.0. The van der Waals surface area contributed by atoms with E-state index in [1.165, 1.54) is 4.90 Å². The van der Waals surface area contributed by atoms with E-state index in [1.54, 1.807) is 29.0 Å². The second-order valence-electron chi connectivity index (χ2n) is 15.0. The molecule has 6 rings (SSSR count). The number of anilines is 1. The third-order valence-corrected chi connectivity index (χ3v) is 12.4. The number of amides is 3. The second kappa shape index (κ2) is 16.2. The van der Waals surface area contributed by atoms with Gasteiger partial charge in [0.15, 0.2) is 0 Å². The van der Waals surface area contributed by atoms with Gasteiger partial charge in [-0.05, 0) is 54.2 Å². The molecule has 0 aliphatic carbocycles. The summed E-state index contributed by atoms with van der Waals surface area (Å²) in [5, 5.41) is 12.7. The Balaban J connectivity index is 1.40. The van der Waals surface area contributed by atoms with Crippen LogP contribution in [0.3, 0.4) is 0 Å². The van der Waals surface area contributed by atoms with Crippen LogP contribution in [0.15, 0.2) is 98.1 Å². The van der Waals surface area contributed by atoms with Crippen LogP contribution in [0.25, 0.3) is 10.8 Å². The zero-order chi connectivity index (χ0) is 38.9. The number of aliphatic hydroxyl groups excluding tert-OH is 1. The van der Waals surface area contributed by atoms with E-state index >= 15 is 4.79 Å². The Morgan fingerprint density at radius 2 is 1.72 bits per heavy atom. The molecule has 3 amide bonds. The summed E-state index contributed by atoms with van der Waals surface area (Å²) < 4.78 is 13.2. The number of fused-ring (bicyclic) bond motifs is 2. The largest absolute Gasteiger partial charge is 0.455 e. The first kappa shape index (κ1) is 39.4. The Labute approximate surface area is 325 Å². The van der Waals surface area contributed by atoms with E-state index in [2.05, 4.69) is 29.1 Å². The lowest BCUT2D eigenvalue weighted by Crippen LogP contribution is -2.60. The van der Waals surface area contributed by atoms with Crippen LogP contribution in [0.4, 0.5) is 5.69 Å². The Morgan fingerprint density at radius 3 is 2.37 bits per heavy atom. The molecule has 10 nitrogen and oxygen atoms in total. The molecule has 3 aromatic rings. The normalized spacial score (nSPS) is 25.9. The Bertz CT molecular complexity index is 1900. The zero-order valence-corrected chi connectivity index (χ0v) is 32.9. The first-order valence-electron chi connectivity index (χ1n) is 18.7. The number of carbonyl (C=O) groups excluding carboxylic acids is 4. The van der Waals surface area contributed by atoms with Gasteiger partial charge in [-0.3, -0.25) is 19.2 Å². The fourth-order valence-corrected chi connectivity index (χ4v) is 9.60. The minimum Gasteiger partial charge on any atom is -0.455 e. The van der Waals surface area contributed by atoms with Crippen LogP contribution in [0.5, 0.6) is 0 Å². The number of nitrogens with zero attached hydrogens (tertiary/aromatic N) is 3. The molecule has 3 fully saturated rings. The van der Waals surface area contributed by atoms with Crippen LogP contribution in [-0.4, -0.2) is 93.5 Å². The van der Waals surface area contributed by atoms with Crippen molar-refractivity contribution in [1.29, 1.82) is 0 Å². The summed E-state index contributed by atoms with van der Waals surface area (Å²) in [6.07, 6.45) is 2.77. The molecule has 2 bridgehead atoms. The number of esters is 1. The number of halogens is 1. The van der Waals surface area contributed by atoms with E-state index in [4.69, 9.17) is 9.47 Å². The van der Waals surface area contributed by atoms with Gasteiger partial charge in [0.1, 0.15) is 17.7 Å². The Morgan fingerprint density at radius 1 is 1.04 bits per heavy atom. The highest BCUT2D eigenvalue weighted by atomic mass is 79.9. The van der Waals surface area contributed by atoms with E-state index in [0.717, 1.165) is 10.8 Å². The Hall–Kier alpha value is -4.32. The first-order chi connectivity index (χ1) is 25.9. The van der Waals surface area contributed by atoms with Gasteiger partial charge in [0, 0.05) is 30.5 Å². The van der Waals surface area contributed by atoms with E-state index < -0.39 is 59.6 Å². The minimum absolute atomic E-state index is 0.121. The molecule has 3 aliphatic rings. The number of carbonyl (C=O) groups is 4. The van der Waals surface area contributed by atoms with Crippen LogP contribution in [0.2, 0.25) is 0 Å². The number of aliphatic hydroxyl groups is 1. The van der Waals surface area contributed by atoms with Crippen molar-refractivity contribution in [3.8, 4) is 0 Å². The van der Waals surface area contributed by atoms with E-state index in [-0.39, 0.29) is 42.1 Å². The molecule has 0 radical (unpaired) electrons. The Kier molecular flexibility index (Phi) is 11.8. The fourth-order valence-electron chi connectivity index (χ4n) is 8.66. The summed E-state index contributed by atoms with van der Waals surface area (Å²) in [4.78, 5) is 62.2. The number of alkyl halides is 1. The van der Waals surface area contributed by atoms with Crippen LogP contribution in [0.1, 0.15) is 51.7 Å². The van der Waals surface area contributed by atoms with Gasteiger partial charge in [0.25, 0.3) is 5.91 Å². The second-order valence-corrected chi connectivity index (χ2v) is 16.2. The molecule has 0 aromatic heterocycles. The van der Waals surface area contributed by atoms with Crippen molar-refractivity contribution in [3.05, 3.63) is 104 Å². The van der Waals surface area contributed by atoms with Crippen molar-refractivity contribution in [2.24, 2.45) is 17.8 Å². The molecule has 3 aliphatic heterocycles. The number of hydrogen-bond acceptors (Lipinski definition) is 7. The highest BCUT2D eigenvalue weighted by Gasteiger charge is 2.78. The molecule has 3 aromatic carbocycles. The number of likely N-dealkylation sites (tertiary alicyclic amines) is 1. The molecule has 1 unspecified atom stereocenters. The topological polar surface area (TPSA) is 117 Å². The quantitative estimate of drug-likeness (QED) is 0.110. The maximum Gasteiger partial charge on any atom is 0.313 e. The van der Waals surface area contributed by atoms with Gasteiger partial charge in [0.2, 0.25) is 11.8 Å². The average molecular weight is 801 g/mol. The number of allylic oxidation sites excluding steroid dienone is 1. The van der Waals surface area contributed by atoms with Gasteiger partial charge in [-0.1, -0.05) is 103 Å². The van der Waals surface area contributed by atoms with Gasteiger partial charge in [0.05, 0.1) is 36.6 Å². The zero-order valence-electron chi connectivity index (χ0n) is 31.3. The van der Waals surface area contributed by atoms with Crippen molar-refractivity contribution < 1.29 is 33.8 Å². The molecule has 11 heteroatoms. The molecular weight excluding hydrogens is 750 g/mol. The standard InChI is InChI=1S/C43H50BrN3O7/c1-7-9-19-34(49)45(6)27(5)37(29-16-11-10-12-17-29)53-42(52)35-36-40(50)47(33(25-48)26(3)4)39(43(36)24-32(44)38(35)54-43)41(51)46(22-8-2)31-21-20-28-15-13-14-18-30(28)23-31/h7-8,10-18,20-21,23,26-27,32-33,35-39,48H,1-2,9,19,22,24-25H2,3-6H3/t27-,32?,33+,35+,36-,37+,38+,39+,43-/m1/s1. The van der Waals surface area contributed by atoms with E-state index in [1.807, 2.05) is 93.6 Å². The molecule has 286 valence electrons. The summed E-state index contributed by atoms with van der Waals surface area (Å²) in [5.74, 6) is -3.91. The molecule has 1 N–H and O–H groups in total.